The van der Waals surface area contributed by atoms with E-state index in [0.29, 0.717) is 0 Å². The molecule has 0 aliphatic heterocycles. The standard InChI is InChI=1S/C13H18ClN3O6S/c1-3-16(4-2)24(21,22)12-9-10(5-6-11(12)14)13(18)15-7-8-23-17(19)20/h5-6,9H,3-4,7-8H2,1-2H3,(H-,15,18,19,20)/p+1. The molecule has 0 saturated heterocycles. The van der Waals surface area contributed by atoms with Crippen molar-refractivity contribution in [2.75, 3.05) is 26.2 Å². The summed E-state index contributed by atoms with van der Waals surface area (Å²) in [5.74, 6) is -0.568. The molecule has 0 heterocycles. The van der Waals surface area contributed by atoms with Crippen LogP contribution in [0.3, 0.4) is 0 Å². The van der Waals surface area contributed by atoms with Crippen molar-refractivity contribution in [2.24, 2.45) is 0 Å². The Bertz CT molecular complexity index is 706. The number of benzene rings is 1. The van der Waals surface area contributed by atoms with Crippen LogP contribution in [0, 0.1) is 4.91 Å². The van der Waals surface area contributed by atoms with Gasteiger partial charge in [-0.15, -0.1) is 0 Å². The molecule has 1 aromatic rings. The second kappa shape index (κ2) is 8.81. The third-order valence-electron chi connectivity index (χ3n) is 3.11. The normalized spacial score (nSPS) is 11.3. The molecular weight excluding hydrogens is 362 g/mol. The van der Waals surface area contributed by atoms with E-state index in [2.05, 4.69) is 10.2 Å². The SMILES string of the molecule is CCN(CC)S(=O)(=O)c1cc(C(=O)NCCO[N+](=O)O)ccc1Cl. The van der Waals surface area contributed by atoms with E-state index in [9.17, 15) is 18.1 Å². The average molecular weight is 381 g/mol. The second-order valence-corrected chi connectivity index (χ2v) is 6.88. The van der Waals surface area contributed by atoms with Crippen LogP contribution < -0.4 is 5.32 Å². The van der Waals surface area contributed by atoms with Crippen LogP contribution in [0.15, 0.2) is 23.1 Å². The van der Waals surface area contributed by atoms with Gasteiger partial charge < -0.3 is 5.32 Å². The third kappa shape index (κ3) is 5.05. The molecule has 11 heteroatoms. The number of sulfonamides is 1. The van der Waals surface area contributed by atoms with Gasteiger partial charge in [0.2, 0.25) is 10.0 Å². The Morgan fingerprint density at radius 2 is 2.00 bits per heavy atom. The maximum Gasteiger partial charge on any atom is 0.475 e. The molecule has 1 amide bonds. The minimum absolute atomic E-state index is 0.0176. The summed E-state index contributed by atoms with van der Waals surface area (Å²) in [6.45, 7) is 3.65. The largest absolute Gasteiger partial charge is 0.475 e. The molecule has 0 aliphatic rings. The van der Waals surface area contributed by atoms with Crippen molar-refractivity contribution in [1.82, 2.24) is 9.62 Å². The van der Waals surface area contributed by atoms with E-state index in [1.54, 1.807) is 13.8 Å². The van der Waals surface area contributed by atoms with Crippen LogP contribution in [0.2, 0.25) is 5.02 Å². The van der Waals surface area contributed by atoms with Gasteiger partial charge in [-0.1, -0.05) is 25.4 Å². The van der Waals surface area contributed by atoms with Gasteiger partial charge in [0.1, 0.15) is 9.80 Å². The Labute approximate surface area is 144 Å². The highest BCUT2D eigenvalue weighted by molar-refractivity contribution is 7.89. The van der Waals surface area contributed by atoms with Gasteiger partial charge in [-0.3, -0.25) is 4.79 Å². The first-order valence-electron chi connectivity index (χ1n) is 7.11. The first-order chi connectivity index (χ1) is 11.2. The lowest BCUT2D eigenvalue weighted by atomic mass is 10.2. The Kier molecular flexibility index (Phi) is 7.39. The van der Waals surface area contributed by atoms with E-state index in [4.69, 9.17) is 16.8 Å². The van der Waals surface area contributed by atoms with Crippen molar-refractivity contribution in [1.29, 1.82) is 0 Å². The lowest BCUT2D eigenvalue weighted by molar-refractivity contribution is -0.975. The Morgan fingerprint density at radius 3 is 2.54 bits per heavy atom. The first-order valence-corrected chi connectivity index (χ1v) is 8.92. The van der Waals surface area contributed by atoms with Crippen LogP contribution in [0.1, 0.15) is 24.2 Å². The van der Waals surface area contributed by atoms with Crippen LogP contribution in [0.5, 0.6) is 0 Å². The van der Waals surface area contributed by atoms with E-state index >= 15 is 0 Å². The monoisotopic (exact) mass is 380 g/mol. The highest BCUT2D eigenvalue weighted by Gasteiger charge is 2.25. The first kappa shape index (κ1) is 20.1. The number of hydrogen-bond acceptors (Lipinski definition) is 5. The van der Waals surface area contributed by atoms with Crippen LogP contribution in [-0.2, 0) is 14.9 Å². The molecular formula is C13H19ClN3O6S+. The van der Waals surface area contributed by atoms with Crippen molar-refractivity contribution in [3.05, 3.63) is 33.7 Å². The summed E-state index contributed by atoms with van der Waals surface area (Å²) in [4.78, 5) is 26.2. The number of hydrogen-bond donors (Lipinski definition) is 2. The molecule has 0 bridgehead atoms. The lowest BCUT2D eigenvalue weighted by Gasteiger charge is -2.19. The zero-order chi connectivity index (χ0) is 18.3. The quantitative estimate of drug-likeness (QED) is 0.491. The lowest BCUT2D eigenvalue weighted by Crippen LogP contribution is -2.31. The van der Waals surface area contributed by atoms with E-state index in [-0.39, 0.29) is 41.7 Å². The average Bonchev–Trinajstić information content (AvgIpc) is 2.52. The molecule has 0 spiro atoms. The highest BCUT2D eigenvalue weighted by Crippen LogP contribution is 2.25. The van der Waals surface area contributed by atoms with Crippen molar-refractivity contribution in [3.63, 3.8) is 0 Å². The Balaban J connectivity index is 2.97. The molecule has 9 nitrogen and oxygen atoms in total. The number of amides is 1. The molecule has 24 heavy (non-hydrogen) atoms. The van der Waals surface area contributed by atoms with Gasteiger partial charge in [-0.25, -0.2) is 13.6 Å². The fraction of sp³-hybridized carbons (Fsp3) is 0.462. The molecule has 0 unspecified atom stereocenters. The molecule has 134 valence electrons. The zero-order valence-electron chi connectivity index (χ0n) is 13.2. The van der Waals surface area contributed by atoms with Gasteiger partial charge in [0, 0.05) is 18.7 Å². The minimum atomic E-state index is -3.81. The van der Waals surface area contributed by atoms with Crippen LogP contribution in [0.25, 0.3) is 0 Å². The minimum Gasteiger partial charge on any atom is -0.348 e. The number of carbonyl (C=O) groups is 1. The predicted molar refractivity (Wildman–Crippen MR) is 85.3 cm³/mol. The summed E-state index contributed by atoms with van der Waals surface area (Å²) in [5.41, 5.74) is 0.0908. The summed E-state index contributed by atoms with van der Waals surface area (Å²) in [5, 5.41) is 9.96. The van der Waals surface area contributed by atoms with Crippen LogP contribution in [0.4, 0.5) is 0 Å². The number of halogens is 1. The number of nitrogens with zero attached hydrogens (tertiary/aromatic N) is 2. The topological polar surface area (TPSA) is 116 Å². The Hall–Kier alpha value is -1.91. The number of carbonyl (C=O) groups excluding carboxylic acids is 1. The van der Waals surface area contributed by atoms with E-state index in [1.807, 2.05) is 0 Å². The smallest absolute Gasteiger partial charge is 0.348 e. The van der Waals surface area contributed by atoms with Gasteiger partial charge in [0.25, 0.3) is 5.91 Å². The number of nitrogens with one attached hydrogen (secondary N) is 1. The van der Waals surface area contributed by atoms with Crippen LogP contribution in [-0.4, -0.2) is 55.2 Å². The van der Waals surface area contributed by atoms with Gasteiger partial charge >= 0.3 is 5.09 Å². The van der Waals surface area contributed by atoms with Gasteiger partial charge in [0.05, 0.1) is 11.6 Å². The van der Waals surface area contributed by atoms with Crippen molar-refractivity contribution < 1.29 is 28.3 Å². The summed E-state index contributed by atoms with van der Waals surface area (Å²) in [6, 6.07) is 3.90. The molecule has 2 N–H and O–H groups in total. The molecule has 0 saturated carbocycles. The summed E-state index contributed by atoms with van der Waals surface area (Å²) in [6.07, 6.45) is 0. The van der Waals surface area contributed by atoms with E-state index in [1.165, 1.54) is 22.5 Å². The number of rotatable bonds is 9. The van der Waals surface area contributed by atoms with Crippen molar-refractivity contribution >= 4 is 27.5 Å². The molecule has 1 aromatic carbocycles. The summed E-state index contributed by atoms with van der Waals surface area (Å²) >= 11 is 5.98. The molecule has 0 aromatic heterocycles. The van der Waals surface area contributed by atoms with Crippen molar-refractivity contribution in [3.8, 4) is 0 Å². The van der Waals surface area contributed by atoms with Gasteiger partial charge in [-0.05, 0) is 18.2 Å². The fourth-order valence-electron chi connectivity index (χ4n) is 1.94. The van der Waals surface area contributed by atoms with E-state index in [0.717, 1.165) is 0 Å². The molecule has 0 fully saturated rings. The maximum atomic E-state index is 12.5. The van der Waals surface area contributed by atoms with Gasteiger partial charge in [-0.2, -0.15) is 9.14 Å². The predicted octanol–water partition coefficient (Wildman–Crippen LogP) is 1.20. The fourth-order valence-corrected chi connectivity index (χ4v) is 3.89. The molecule has 0 aliphatic carbocycles. The Morgan fingerprint density at radius 1 is 1.38 bits per heavy atom. The maximum absolute atomic E-state index is 12.5. The summed E-state index contributed by atoms with van der Waals surface area (Å²) in [7, 11) is -3.81. The third-order valence-corrected chi connectivity index (χ3v) is 5.64. The molecule has 0 atom stereocenters. The van der Waals surface area contributed by atoms with Gasteiger partial charge in [0.15, 0.2) is 6.61 Å². The second-order valence-electron chi connectivity index (χ2n) is 4.56. The highest BCUT2D eigenvalue weighted by atomic mass is 35.5. The van der Waals surface area contributed by atoms with Crippen molar-refractivity contribution in [2.45, 2.75) is 18.7 Å². The van der Waals surface area contributed by atoms with E-state index < -0.39 is 21.0 Å². The molecule has 0 radical (unpaired) electrons. The summed E-state index contributed by atoms with van der Waals surface area (Å²) < 4.78 is 26.3. The zero-order valence-corrected chi connectivity index (χ0v) is 14.8. The van der Waals surface area contributed by atoms with Crippen LogP contribution >= 0.6 is 11.6 Å². The molecule has 1 rings (SSSR count).